The fraction of sp³-hybridized carbons (Fsp3) is 0.609. The highest BCUT2D eigenvalue weighted by Gasteiger charge is 2.54. The summed E-state index contributed by atoms with van der Waals surface area (Å²) < 4.78 is 0. The van der Waals surface area contributed by atoms with E-state index < -0.39 is 35.1 Å². The first-order chi connectivity index (χ1) is 14.5. The van der Waals surface area contributed by atoms with E-state index in [-0.39, 0.29) is 17.6 Å². The Morgan fingerprint density at radius 1 is 1.03 bits per heavy atom. The summed E-state index contributed by atoms with van der Waals surface area (Å²) in [6.45, 7) is 9.05. The first-order valence-electron chi connectivity index (χ1n) is 10.8. The molecule has 1 aromatic carbocycles. The largest absolute Gasteiger partial charge is 0.322 e. The van der Waals surface area contributed by atoms with Gasteiger partial charge in [-0.2, -0.15) is 0 Å². The van der Waals surface area contributed by atoms with Crippen LogP contribution in [0.3, 0.4) is 0 Å². The van der Waals surface area contributed by atoms with Gasteiger partial charge in [0.05, 0.1) is 17.9 Å². The molecular weight excluding hydrogens is 396 g/mol. The quantitative estimate of drug-likeness (QED) is 0.147. The summed E-state index contributed by atoms with van der Waals surface area (Å²) in [5.41, 5.74) is 9.62. The van der Waals surface area contributed by atoms with Crippen molar-refractivity contribution in [3.8, 4) is 0 Å². The molecule has 0 bridgehead atoms. The topological polar surface area (TPSA) is 148 Å². The lowest BCUT2D eigenvalue weighted by Gasteiger charge is -2.44. The number of amides is 2. The molecule has 2 unspecified atom stereocenters. The molecule has 1 rings (SSSR count). The Balaban J connectivity index is 3.73. The molecule has 0 aliphatic rings. The predicted molar refractivity (Wildman–Crippen MR) is 119 cm³/mol. The number of benzene rings is 1. The second-order valence-corrected chi connectivity index (χ2v) is 9.12. The van der Waals surface area contributed by atoms with Crippen molar-refractivity contribution in [2.45, 2.75) is 59.9 Å². The lowest BCUT2D eigenvalue weighted by atomic mass is 9.57. The first-order valence-corrected chi connectivity index (χ1v) is 10.8. The lowest BCUT2D eigenvalue weighted by Crippen LogP contribution is -2.58. The van der Waals surface area contributed by atoms with Crippen molar-refractivity contribution < 1.29 is 19.6 Å². The summed E-state index contributed by atoms with van der Waals surface area (Å²) in [4.78, 5) is 39.5. The molecule has 0 aliphatic heterocycles. The third kappa shape index (κ3) is 6.59. The average Bonchev–Trinajstić information content (AvgIpc) is 2.73. The van der Waals surface area contributed by atoms with Crippen LogP contribution >= 0.6 is 0 Å². The van der Waals surface area contributed by atoms with Gasteiger partial charge in [-0.15, -0.1) is 0 Å². The van der Waals surface area contributed by atoms with Gasteiger partial charge in [-0.05, 0) is 43.6 Å². The number of carbonyl (C=O) groups is 3. The predicted octanol–water partition coefficient (Wildman–Crippen LogP) is 1.95. The molecule has 8 heteroatoms. The van der Waals surface area contributed by atoms with Gasteiger partial charge >= 0.3 is 0 Å². The van der Waals surface area contributed by atoms with Gasteiger partial charge in [-0.1, -0.05) is 58.0 Å². The number of carbonyl (C=O) groups excluding carboxylic acids is 3. The SMILES string of the molecule is CC(C)CC(CCc1ccccc1)(C(=O)[C@@H](C)N)C(C(=O)NO)[C@H](C(=O)NN)C(C)C. The number of nitrogens with two attached hydrogens (primary N) is 2. The van der Waals surface area contributed by atoms with Crippen LogP contribution in [-0.2, 0) is 20.8 Å². The second-order valence-electron chi connectivity index (χ2n) is 9.12. The van der Waals surface area contributed by atoms with E-state index in [1.54, 1.807) is 26.3 Å². The molecule has 4 atom stereocenters. The standard InChI is InChI=1S/C23H38N4O4/c1-14(2)13-23(20(28)16(5)24,12-11-17-9-7-6-8-10-17)19(22(30)27-31)18(15(3)4)21(29)26-25/h6-10,14-16,18-19,31H,11-13,24-25H2,1-5H3,(H,26,29)(H,27,30)/t16-,18-,19?,23?/m1/s1. The monoisotopic (exact) mass is 434 g/mol. The Hall–Kier alpha value is -2.29. The second kappa shape index (κ2) is 11.9. The summed E-state index contributed by atoms with van der Waals surface area (Å²) in [5, 5.41) is 9.59. The smallest absolute Gasteiger partial charge is 0.248 e. The zero-order chi connectivity index (χ0) is 23.8. The van der Waals surface area contributed by atoms with Crippen molar-refractivity contribution in [1.29, 1.82) is 0 Å². The van der Waals surface area contributed by atoms with Crippen LogP contribution in [0.25, 0.3) is 0 Å². The van der Waals surface area contributed by atoms with E-state index in [4.69, 9.17) is 11.6 Å². The molecule has 0 radical (unpaired) electrons. The minimum Gasteiger partial charge on any atom is -0.322 e. The van der Waals surface area contributed by atoms with Gasteiger partial charge in [0.15, 0.2) is 5.78 Å². The fourth-order valence-corrected chi connectivity index (χ4v) is 4.72. The molecule has 0 aliphatic carbocycles. The van der Waals surface area contributed by atoms with Crippen LogP contribution in [0.4, 0.5) is 0 Å². The van der Waals surface area contributed by atoms with Crippen LogP contribution in [0, 0.1) is 29.1 Å². The number of hydrogen-bond acceptors (Lipinski definition) is 6. The molecule has 31 heavy (non-hydrogen) atoms. The summed E-state index contributed by atoms with van der Waals surface area (Å²) in [5.74, 6) is 1.40. The number of rotatable bonds is 12. The van der Waals surface area contributed by atoms with Crippen molar-refractivity contribution >= 4 is 17.6 Å². The number of aryl methyl sites for hydroxylation is 1. The van der Waals surface area contributed by atoms with Crippen LogP contribution in [0.5, 0.6) is 0 Å². The summed E-state index contributed by atoms with van der Waals surface area (Å²) in [7, 11) is 0. The number of hydroxylamine groups is 1. The minimum absolute atomic E-state index is 0.0289. The van der Waals surface area contributed by atoms with Gasteiger partial charge in [-0.25, -0.2) is 11.3 Å². The van der Waals surface area contributed by atoms with Gasteiger partial charge in [0.2, 0.25) is 11.8 Å². The highest BCUT2D eigenvalue weighted by molar-refractivity contribution is 5.97. The fourth-order valence-electron chi connectivity index (χ4n) is 4.72. The normalized spacial score (nSPS) is 16.3. The van der Waals surface area contributed by atoms with Crippen molar-refractivity contribution in [2.75, 3.05) is 0 Å². The molecular formula is C23H38N4O4. The van der Waals surface area contributed by atoms with Gasteiger partial charge in [-0.3, -0.25) is 25.0 Å². The Labute approximate surface area is 185 Å². The molecule has 0 saturated carbocycles. The number of hydrogen-bond donors (Lipinski definition) is 5. The summed E-state index contributed by atoms with van der Waals surface area (Å²) in [6, 6.07) is 8.76. The van der Waals surface area contributed by atoms with E-state index >= 15 is 0 Å². The van der Waals surface area contributed by atoms with Crippen LogP contribution in [0.1, 0.15) is 53.0 Å². The number of ketones is 1. The minimum atomic E-state index is -1.27. The van der Waals surface area contributed by atoms with Crippen LogP contribution in [-0.4, -0.2) is 28.8 Å². The maximum absolute atomic E-state index is 13.7. The summed E-state index contributed by atoms with van der Waals surface area (Å²) >= 11 is 0. The molecule has 174 valence electrons. The van der Waals surface area contributed by atoms with Crippen LogP contribution in [0.15, 0.2) is 30.3 Å². The van der Waals surface area contributed by atoms with Crippen LogP contribution < -0.4 is 22.5 Å². The lowest BCUT2D eigenvalue weighted by molar-refractivity contribution is -0.156. The van der Waals surface area contributed by atoms with E-state index in [1.807, 2.05) is 44.2 Å². The van der Waals surface area contributed by atoms with Crippen molar-refractivity contribution in [3.05, 3.63) is 35.9 Å². The number of nitrogens with one attached hydrogen (secondary N) is 2. The van der Waals surface area contributed by atoms with Crippen LogP contribution in [0.2, 0.25) is 0 Å². The molecule has 1 aromatic rings. The summed E-state index contributed by atoms with van der Waals surface area (Å²) in [6.07, 6.45) is 1.14. The molecule has 0 fully saturated rings. The van der Waals surface area contributed by atoms with Gasteiger partial charge < -0.3 is 5.73 Å². The van der Waals surface area contributed by atoms with Crippen molar-refractivity contribution in [2.24, 2.45) is 40.7 Å². The van der Waals surface area contributed by atoms with Crippen molar-refractivity contribution in [3.63, 3.8) is 0 Å². The van der Waals surface area contributed by atoms with E-state index in [9.17, 15) is 19.6 Å². The molecule has 0 heterocycles. The molecule has 0 aromatic heterocycles. The van der Waals surface area contributed by atoms with Gasteiger partial charge in [0, 0.05) is 5.41 Å². The van der Waals surface area contributed by atoms with E-state index in [2.05, 4.69) is 5.43 Å². The molecule has 8 nitrogen and oxygen atoms in total. The Morgan fingerprint density at radius 3 is 2.03 bits per heavy atom. The zero-order valence-corrected chi connectivity index (χ0v) is 19.2. The number of hydrazine groups is 1. The Kier molecular flexibility index (Phi) is 10.3. The van der Waals surface area contributed by atoms with E-state index in [1.165, 1.54) is 0 Å². The third-order valence-corrected chi connectivity index (χ3v) is 5.89. The Morgan fingerprint density at radius 2 is 1.61 bits per heavy atom. The van der Waals surface area contributed by atoms with Gasteiger partial charge in [0.1, 0.15) is 0 Å². The number of Topliss-reactive ketones (excluding diaryl/α,β-unsaturated/α-hetero) is 1. The third-order valence-electron chi connectivity index (χ3n) is 5.89. The van der Waals surface area contributed by atoms with Gasteiger partial charge in [0.25, 0.3) is 0 Å². The molecule has 0 spiro atoms. The van der Waals surface area contributed by atoms with E-state index in [0.29, 0.717) is 19.3 Å². The maximum atomic E-state index is 13.7. The van der Waals surface area contributed by atoms with E-state index in [0.717, 1.165) is 5.56 Å². The first kappa shape index (κ1) is 26.7. The zero-order valence-electron chi connectivity index (χ0n) is 19.2. The molecule has 7 N–H and O–H groups in total. The average molecular weight is 435 g/mol. The molecule has 2 amide bonds. The highest BCUT2D eigenvalue weighted by atomic mass is 16.5. The Bertz CT molecular complexity index is 736. The maximum Gasteiger partial charge on any atom is 0.248 e. The highest BCUT2D eigenvalue weighted by Crippen LogP contribution is 2.46. The molecule has 0 saturated heterocycles. The van der Waals surface area contributed by atoms with Crippen molar-refractivity contribution in [1.82, 2.24) is 10.9 Å².